The molecule has 0 bridgehead atoms. The van der Waals surface area contributed by atoms with E-state index in [1.807, 2.05) is 12.1 Å². The van der Waals surface area contributed by atoms with Crippen LogP contribution in [0.4, 0.5) is 0 Å². The third-order valence-corrected chi connectivity index (χ3v) is 3.87. The van der Waals surface area contributed by atoms with Gasteiger partial charge in [-0.05, 0) is 29.8 Å². The molecule has 0 amide bonds. The van der Waals surface area contributed by atoms with Crippen molar-refractivity contribution in [1.29, 1.82) is 0 Å². The van der Waals surface area contributed by atoms with Crippen molar-refractivity contribution in [3.63, 3.8) is 0 Å². The van der Waals surface area contributed by atoms with Gasteiger partial charge in [0.25, 0.3) is 5.56 Å². The summed E-state index contributed by atoms with van der Waals surface area (Å²) < 4.78 is 11.9. The number of hydrogen-bond acceptors (Lipinski definition) is 2. The van der Waals surface area contributed by atoms with E-state index in [0.717, 1.165) is 16.1 Å². The first kappa shape index (κ1) is 13.2. The molecule has 0 aliphatic rings. The van der Waals surface area contributed by atoms with E-state index >= 15 is 0 Å². The molecule has 0 fully saturated rings. The average Bonchev–Trinajstić information content (AvgIpc) is 2.28. The maximum Gasteiger partial charge on any atom is 0.361 e. The smallest absolute Gasteiger partial charge is 0.321 e. The van der Waals surface area contributed by atoms with Gasteiger partial charge in [-0.3, -0.25) is 9.36 Å². The Morgan fingerprint density at radius 1 is 1.06 bits per heavy atom. The van der Waals surface area contributed by atoms with E-state index in [1.165, 1.54) is 6.07 Å². The van der Waals surface area contributed by atoms with Gasteiger partial charge >= 0.3 is 7.60 Å². The minimum absolute atomic E-state index is 0.504. The lowest BCUT2D eigenvalue weighted by Crippen LogP contribution is -2.27. The molecule has 1 heterocycles. The summed E-state index contributed by atoms with van der Waals surface area (Å²) >= 11 is 3.30. The number of hydrogen-bond donors (Lipinski definition) is 3. The molecular formula is C11H9BrNO4P. The van der Waals surface area contributed by atoms with Gasteiger partial charge in [-0.15, -0.1) is 0 Å². The van der Waals surface area contributed by atoms with Crippen molar-refractivity contribution in [3.8, 4) is 11.3 Å². The van der Waals surface area contributed by atoms with Crippen LogP contribution >= 0.6 is 23.5 Å². The molecular weight excluding hydrogens is 321 g/mol. The number of halogens is 1. The Labute approximate surface area is 111 Å². The van der Waals surface area contributed by atoms with E-state index in [9.17, 15) is 9.36 Å². The molecule has 0 aliphatic carbocycles. The average molecular weight is 330 g/mol. The largest absolute Gasteiger partial charge is 0.361 e. The number of nitrogens with one attached hydrogen (secondary N) is 1. The second-order valence-electron chi connectivity index (χ2n) is 3.64. The van der Waals surface area contributed by atoms with E-state index in [1.54, 1.807) is 12.1 Å². The minimum Gasteiger partial charge on any atom is -0.321 e. The van der Waals surface area contributed by atoms with E-state index in [0.29, 0.717) is 5.69 Å². The Hall–Kier alpha value is -1.20. The quantitative estimate of drug-likeness (QED) is 0.730. The first-order valence-corrected chi connectivity index (χ1v) is 7.34. The second-order valence-corrected chi connectivity index (χ2v) is 6.12. The van der Waals surface area contributed by atoms with Crippen LogP contribution in [0.5, 0.6) is 0 Å². The van der Waals surface area contributed by atoms with Crippen molar-refractivity contribution >= 4 is 28.8 Å². The van der Waals surface area contributed by atoms with Crippen molar-refractivity contribution in [2.75, 3.05) is 0 Å². The molecule has 2 aromatic rings. The molecule has 1 aromatic heterocycles. The number of rotatable bonds is 2. The summed E-state index contributed by atoms with van der Waals surface area (Å²) in [6, 6.07) is 9.81. The van der Waals surface area contributed by atoms with Gasteiger partial charge < -0.3 is 14.8 Å². The Kier molecular flexibility index (Phi) is 3.54. The van der Waals surface area contributed by atoms with E-state index in [-0.39, 0.29) is 0 Å². The van der Waals surface area contributed by atoms with Crippen molar-refractivity contribution in [2.24, 2.45) is 0 Å². The third-order valence-electron chi connectivity index (χ3n) is 2.36. The number of aromatic nitrogens is 1. The first-order valence-electron chi connectivity index (χ1n) is 4.93. The lowest BCUT2D eigenvalue weighted by molar-refractivity contribution is 0.387. The molecule has 5 nitrogen and oxygen atoms in total. The normalized spacial score (nSPS) is 11.5. The highest BCUT2D eigenvalue weighted by molar-refractivity contribution is 9.10. The number of benzene rings is 1. The summed E-state index contributed by atoms with van der Waals surface area (Å²) in [5.74, 6) is 0. The van der Waals surface area contributed by atoms with Crippen LogP contribution in [0.1, 0.15) is 0 Å². The SMILES string of the molecule is O=c1[nH]c(-c2ccc(Br)cc2)ccc1P(=O)(O)O. The monoisotopic (exact) mass is 329 g/mol. The number of aromatic amines is 1. The van der Waals surface area contributed by atoms with Crippen LogP contribution in [0.25, 0.3) is 11.3 Å². The summed E-state index contributed by atoms with van der Waals surface area (Å²) in [6.07, 6.45) is 0. The molecule has 0 unspecified atom stereocenters. The van der Waals surface area contributed by atoms with Crippen LogP contribution in [0.2, 0.25) is 0 Å². The van der Waals surface area contributed by atoms with Crippen molar-refractivity contribution in [2.45, 2.75) is 0 Å². The molecule has 94 valence electrons. The number of pyridine rings is 1. The van der Waals surface area contributed by atoms with Crippen molar-refractivity contribution in [3.05, 3.63) is 51.2 Å². The van der Waals surface area contributed by atoms with E-state index in [2.05, 4.69) is 20.9 Å². The van der Waals surface area contributed by atoms with Crippen LogP contribution in [0.3, 0.4) is 0 Å². The summed E-state index contributed by atoms with van der Waals surface area (Å²) in [7, 11) is -4.53. The lowest BCUT2D eigenvalue weighted by atomic mass is 10.1. The summed E-state index contributed by atoms with van der Waals surface area (Å²) in [5.41, 5.74) is 0.487. The van der Waals surface area contributed by atoms with E-state index in [4.69, 9.17) is 9.79 Å². The molecule has 0 atom stereocenters. The minimum atomic E-state index is -4.53. The molecule has 0 saturated carbocycles. The second kappa shape index (κ2) is 4.82. The van der Waals surface area contributed by atoms with Crippen LogP contribution in [-0.4, -0.2) is 14.8 Å². The molecule has 18 heavy (non-hydrogen) atoms. The highest BCUT2D eigenvalue weighted by Gasteiger charge is 2.21. The maximum atomic E-state index is 11.6. The molecule has 1 aromatic carbocycles. The fourth-order valence-electron chi connectivity index (χ4n) is 1.49. The van der Waals surface area contributed by atoms with Gasteiger partial charge in [0.15, 0.2) is 0 Å². The molecule has 0 aliphatic heterocycles. The van der Waals surface area contributed by atoms with Gasteiger partial charge in [0.2, 0.25) is 0 Å². The fourth-order valence-corrected chi connectivity index (χ4v) is 2.35. The van der Waals surface area contributed by atoms with Gasteiger partial charge in [0.1, 0.15) is 5.30 Å². The van der Waals surface area contributed by atoms with Crippen LogP contribution in [0.15, 0.2) is 45.7 Å². The van der Waals surface area contributed by atoms with Gasteiger partial charge in [-0.25, -0.2) is 0 Å². The number of H-pyrrole nitrogens is 1. The Morgan fingerprint density at radius 3 is 2.17 bits per heavy atom. The predicted molar refractivity (Wildman–Crippen MR) is 71.9 cm³/mol. The molecule has 3 N–H and O–H groups in total. The van der Waals surface area contributed by atoms with Gasteiger partial charge in [0.05, 0.1) is 0 Å². The van der Waals surface area contributed by atoms with Gasteiger partial charge in [-0.1, -0.05) is 28.1 Å². The Morgan fingerprint density at radius 2 is 1.67 bits per heavy atom. The summed E-state index contributed by atoms with van der Waals surface area (Å²) in [6.45, 7) is 0. The Balaban J connectivity index is 2.50. The summed E-state index contributed by atoms with van der Waals surface area (Å²) in [4.78, 5) is 31.9. The van der Waals surface area contributed by atoms with Gasteiger partial charge in [0, 0.05) is 10.2 Å². The lowest BCUT2D eigenvalue weighted by Gasteiger charge is -2.05. The molecule has 7 heteroatoms. The van der Waals surface area contributed by atoms with E-state index < -0.39 is 18.5 Å². The third kappa shape index (κ3) is 2.79. The molecule has 0 spiro atoms. The zero-order valence-electron chi connectivity index (χ0n) is 9.00. The maximum absolute atomic E-state index is 11.6. The van der Waals surface area contributed by atoms with Gasteiger partial charge in [-0.2, -0.15) is 0 Å². The van der Waals surface area contributed by atoms with Crippen LogP contribution < -0.4 is 10.9 Å². The zero-order chi connectivity index (χ0) is 13.3. The molecule has 0 radical (unpaired) electrons. The standard InChI is InChI=1S/C11H9BrNO4P/c12-8-3-1-7(2-4-8)9-5-6-10(11(14)13-9)18(15,16)17/h1-6H,(H,13,14)(H2,15,16,17). The van der Waals surface area contributed by atoms with Crippen LogP contribution in [0, 0.1) is 0 Å². The molecule has 2 rings (SSSR count). The van der Waals surface area contributed by atoms with Crippen molar-refractivity contribution < 1.29 is 14.4 Å². The topological polar surface area (TPSA) is 90.4 Å². The predicted octanol–water partition coefficient (Wildman–Crippen LogP) is 1.61. The Bertz CT molecular complexity index is 674. The highest BCUT2D eigenvalue weighted by Crippen LogP contribution is 2.31. The fraction of sp³-hybridized carbons (Fsp3) is 0. The summed E-state index contributed by atoms with van der Waals surface area (Å²) in [5, 5.41) is -0.525. The first-order chi connectivity index (χ1) is 8.38. The zero-order valence-corrected chi connectivity index (χ0v) is 11.5. The van der Waals surface area contributed by atoms with Crippen LogP contribution in [-0.2, 0) is 4.57 Å². The van der Waals surface area contributed by atoms with Crippen molar-refractivity contribution in [1.82, 2.24) is 4.98 Å². The molecule has 0 saturated heterocycles. The highest BCUT2D eigenvalue weighted by atomic mass is 79.9.